The normalized spacial score (nSPS) is 10.0. The van der Waals surface area contributed by atoms with Crippen molar-refractivity contribution in [3.05, 3.63) is 22.7 Å². The number of halogens is 1. The fourth-order valence-corrected chi connectivity index (χ4v) is 1.62. The quantitative estimate of drug-likeness (QED) is 0.801. The average Bonchev–Trinajstić information content (AvgIpc) is 2.36. The number of aliphatic hydroxyl groups excluding tert-OH is 1. The van der Waals surface area contributed by atoms with E-state index in [1.165, 1.54) is 7.11 Å². The van der Waals surface area contributed by atoms with Crippen LogP contribution in [0.1, 0.15) is 12.5 Å². The SMILES string of the molecule is CCOC(=O)COc1c(CO)cc(Cl)cc1OC. The topological polar surface area (TPSA) is 65.0 Å². The number of hydrogen-bond acceptors (Lipinski definition) is 5. The summed E-state index contributed by atoms with van der Waals surface area (Å²) in [6.45, 7) is 1.47. The number of carbonyl (C=O) groups excluding carboxylic acids is 1. The number of benzene rings is 1. The third kappa shape index (κ3) is 3.78. The van der Waals surface area contributed by atoms with Gasteiger partial charge in [0.25, 0.3) is 0 Å². The largest absolute Gasteiger partial charge is 0.493 e. The zero-order valence-electron chi connectivity index (χ0n) is 10.2. The second-order valence-electron chi connectivity index (χ2n) is 3.35. The van der Waals surface area contributed by atoms with E-state index in [9.17, 15) is 9.90 Å². The second kappa shape index (κ2) is 7.08. The van der Waals surface area contributed by atoms with E-state index in [4.69, 9.17) is 25.8 Å². The third-order valence-electron chi connectivity index (χ3n) is 2.13. The fraction of sp³-hybridized carbons (Fsp3) is 0.417. The molecule has 0 radical (unpaired) electrons. The number of rotatable bonds is 6. The lowest BCUT2D eigenvalue weighted by Crippen LogP contribution is -2.15. The molecular weight excluding hydrogens is 260 g/mol. The molecule has 1 rings (SSSR count). The first-order valence-corrected chi connectivity index (χ1v) is 5.75. The lowest BCUT2D eigenvalue weighted by Gasteiger charge is -2.14. The van der Waals surface area contributed by atoms with Gasteiger partial charge in [0.15, 0.2) is 18.1 Å². The highest BCUT2D eigenvalue weighted by atomic mass is 35.5. The molecule has 0 heterocycles. The van der Waals surface area contributed by atoms with Crippen LogP contribution in [0.5, 0.6) is 11.5 Å². The van der Waals surface area contributed by atoms with E-state index in [2.05, 4.69) is 0 Å². The van der Waals surface area contributed by atoms with Gasteiger partial charge in [-0.25, -0.2) is 4.79 Å². The first kappa shape index (κ1) is 14.6. The summed E-state index contributed by atoms with van der Waals surface area (Å²) < 4.78 is 15.1. The lowest BCUT2D eigenvalue weighted by molar-refractivity contribution is -0.145. The van der Waals surface area contributed by atoms with E-state index in [0.29, 0.717) is 16.3 Å². The zero-order valence-corrected chi connectivity index (χ0v) is 11.0. The summed E-state index contributed by atoms with van der Waals surface area (Å²) in [5.41, 5.74) is 0.448. The van der Waals surface area contributed by atoms with Gasteiger partial charge in [0.05, 0.1) is 20.3 Å². The summed E-state index contributed by atoms with van der Waals surface area (Å²) in [6.07, 6.45) is 0. The summed E-state index contributed by atoms with van der Waals surface area (Å²) in [6, 6.07) is 3.09. The van der Waals surface area contributed by atoms with E-state index in [1.54, 1.807) is 19.1 Å². The van der Waals surface area contributed by atoms with Crippen LogP contribution in [0.2, 0.25) is 5.02 Å². The summed E-state index contributed by atoms with van der Waals surface area (Å²) in [4.78, 5) is 11.2. The minimum atomic E-state index is -0.488. The number of ether oxygens (including phenoxy) is 3. The Kier molecular flexibility index (Phi) is 5.74. The molecule has 0 aliphatic rings. The lowest BCUT2D eigenvalue weighted by atomic mass is 10.2. The van der Waals surface area contributed by atoms with E-state index < -0.39 is 5.97 Å². The predicted octanol–water partition coefficient (Wildman–Crippen LogP) is 1.78. The number of carbonyl (C=O) groups is 1. The van der Waals surface area contributed by atoms with Crippen LogP contribution in [0.25, 0.3) is 0 Å². The second-order valence-corrected chi connectivity index (χ2v) is 3.78. The van der Waals surface area contributed by atoms with Gasteiger partial charge in [0.2, 0.25) is 0 Å². The Morgan fingerprint density at radius 2 is 2.17 bits per heavy atom. The minimum Gasteiger partial charge on any atom is -0.493 e. The summed E-state index contributed by atoms with van der Waals surface area (Å²) in [7, 11) is 1.45. The summed E-state index contributed by atoms with van der Waals surface area (Å²) >= 11 is 5.85. The molecule has 0 aliphatic heterocycles. The maximum atomic E-state index is 11.2. The van der Waals surface area contributed by atoms with E-state index in [0.717, 1.165) is 0 Å². The molecule has 1 aromatic rings. The maximum Gasteiger partial charge on any atom is 0.344 e. The minimum absolute atomic E-state index is 0.251. The average molecular weight is 275 g/mol. The van der Waals surface area contributed by atoms with Gasteiger partial charge in [0, 0.05) is 16.7 Å². The van der Waals surface area contributed by atoms with Crippen molar-refractivity contribution in [1.82, 2.24) is 0 Å². The molecule has 1 N–H and O–H groups in total. The molecule has 0 aromatic heterocycles. The molecule has 1 aromatic carbocycles. The summed E-state index contributed by atoms with van der Waals surface area (Å²) in [5.74, 6) is 0.159. The van der Waals surface area contributed by atoms with Crippen molar-refractivity contribution in [2.45, 2.75) is 13.5 Å². The van der Waals surface area contributed by atoms with Gasteiger partial charge in [-0.3, -0.25) is 0 Å². The molecule has 0 saturated carbocycles. The molecular formula is C12H15ClO5. The van der Waals surface area contributed by atoms with Crippen LogP contribution in [0.3, 0.4) is 0 Å². The van der Waals surface area contributed by atoms with Gasteiger partial charge >= 0.3 is 5.97 Å². The van der Waals surface area contributed by atoms with E-state index >= 15 is 0 Å². The van der Waals surface area contributed by atoms with Crippen LogP contribution in [0.15, 0.2) is 12.1 Å². The molecule has 0 fully saturated rings. The standard InChI is InChI=1S/C12H15ClO5/c1-3-17-11(15)7-18-12-8(6-14)4-9(13)5-10(12)16-2/h4-5,14H,3,6-7H2,1-2H3. The number of hydrogen-bond donors (Lipinski definition) is 1. The number of esters is 1. The van der Waals surface area contributed by atoms with Gasteiger partial charge in [-0.15, -0.1) is 0 Å². The van der Waals surface area contributed by atoms with Gasteiger partial charge in [0.1, 0.15) is 0 Å². The Labute approximate surface area is 110 Å². The highest BCUT2D eigenvalue weighted by Crippen LogP contribution is 2.34. The Balaban J connectivity index is 2.88. The van der Waals surface area contributed by atoms with Crippen molar-refractivity contribution in [1.29, 1.82) is 0 Å². The number of aliphatic hydroxyl groups is 1. The van der Waals surface area contributed by atoms with Crippen molar-refractivity contribution < 1.29 is 24.1 Å². The van der Waals surface area contributed by atoms with Crippen LogP contribution < -0.4 is 9.47 Å². The smallest absolute Gasteiger partial charge is 0.344 e. The highest BCUT2D eigenvalue weighted by Gasteiger charge is 2.14. The molecule has 0 aliphatic carbocycles. The van der Waals surface area contributed by atoms with Crippen molar-refractivity contribution in [3.63, 3.8) is 0 Å². The molecule has 0 spiro atoms. The first-order valence-electron chi connectivity index (χ1n) is 5.38. The van der Waals surface area contributed by atoms with Gasteiger partial charge in [-0.05, 0) is 13.0 Å². The van der Waals surface area contributed by atoms with Gasteiger partial charge in [-0.1, -0.05) is 11.6 Å². The first-order chi connectivity index (χ1) is 8.62. The van der Waals surface area contributed by atoms with Crippen LogP contribution in [0, 0.1) is 0 Å². The number of methoxy groups -OCH3 is 1. The Bertz CT molecular complexity index is 394. The van der Waals surface area contributed by atoms with Crippen molar-refractivity contribution in [2.75, 3.05) is 20.3 Å². The molecule has 100 valence electrons. The monoisotopic (exact) mass is 274 g/mol. The molecule has 18 heavy (non-hydrogen) atoms. The Hall–Kier alpha value is -1.46. The fourth-order valence-electron chi connectivity index (χ4n) is 1.39. The molecule has 0 amide bonds. The van der Waals surface area contributed by atoms with Crippen molar-refractivity contribution in [3.8, 4) is 11.5 Å². The van der Waals surface area contributed by atoms with Crippen LogP contribution >= 0.6 is 11.6 Å². The van der Waals surface area contributed by atoms with Crippen LogP contribution in [-0.2, 0) is 16.1 Å². The molecule has 0 bridgehead atoms. The van der Waals surface area contributed by atoms with Crippen molar-refractivity contribution in [2.24, 2.45) is 0 Å². The molecule has 0 unspecified atom stereocenters. The highest BCUT2D eigenvalue weighted by molar-refractivity contribution is 6.30. The predicted molar refractivity (Wildman–Crippen MR) is 66.1 cm³/mol. The Morgan fingerprint density at radius 1 is 1.44 bits per heavy atom. The summed E-state index contributed by atoms with van der Waals surface area (Å²) in [5, 5.41) is 9.64. The van der Waals surface area contributed by atoms with Crippen molar-refractivity contribution >= 4 is 17.6 Å². The molecule has 6 heteroatoms. The van der Waals surface area contributed by atoms with E-state index in [-0.39, 0.29) is 25.6 Å². The third-order valence-corrected chi connectivity index (χ3v) is 2.34. The van der Waals surface area contributed by atoms with Crippen LogP contribution in [0.4, 0.5) is 0 Å². The zero-order chi connectivity index (χ0) is 13.5. The van der Waals surface area contributed by atoms with E-state index in [1.807, 2.05) is 0 Å². The molecule has 5 nitrogen and oxygen atoms in total. The molecule has 0 saturated heterocycles. The Morgan fingerprint density at radius 3 is 2.72 bits per heavy atom. The van der Waals surface area contributed by atoms with Gasteiger partial charge < -0.3 is 19.3 Å². The molecule has 0 atom stereocenters. The maximum absolute atomic E-state index is 11.2. The van der Waals surface area contributed by atoms with Gasteiger partial charge in [-0.2, -0.15) is 0 Å². The van der Waals surface area contributed by atoms with Crippen LogP contribution in [-0.4, -0.2) is 31.4 Å².